The number of imide groups is 2. The number of imidazole rings is 1. The molecule has 456 valence electrons. The highest BCUT2D eigenvalue weighted by molar-refractivity contribution is 6.25. The molecule has 0 bridgehead atoms. The van der Waals surface area contributed by atoms with Crippen molar-refractivity contribution in [1.82, 2.24) is 49.7 Å². The maximum atomic E-state index is 16.0. The first-order valence-electron chi connectivity index (χ1n) is 31.3. The predicted molar refractivity (Wildman–Crippen MR) is 324 cm³/mol. The second-order valence-electron chi connectivity index (χ2n) is 25.9. The Labute approximate surface area is 504 Å². The van der Waals surface area contributed by atoms with Gasteiger partial charge in [0, 0.05) is 98.4 Å². The number of anilines is 4. The molecule has 1 aliphatic carbocycles. The first-order chi connectivity index (χ1) is 41.8. The minimum Gasteiger partial charge on any atom is -0.382 e. The number of likely N-dealkylation sites (tertiary alicyclic amines) is 4. The van der Waals surface area contributed by atoms with Crippen molar-refractivity contribution in [2.75, 3.05) is 67.9 Å². The van der Waals surface area contributed by atoms with Crippen LogP contribution in [0.5, 0.6) is 0 Å². The molecule has 21 nitrogen and oxygen atoms in total. The summed E-state index contributed by atoms with van der Waals surface area (Å²) in [6.07, 6.45) is 9.82. The van der Waals surface area contributed by atoms with E-state index in [0.29, 0.717) is 117 Å². The van der Waals surface area contributed by atoms with Gasteiger partial charge in [-0.25, -0.2) is 19.2 Å². The molecule has 1 spiro atoms. The lowest BCUT2D eigenvalue weighted by atomic mass is 9.73. The molecule has 0 radical (unpaired) electrons. The van der Waals surface area contributed by atoms with Gasteiger partial charge in [0.25, 0.3) is 17.7 Å². The molecule has 6 fully saturated rings. The number of urea groups is 1. The zero-order chi connectivity index (χ0) is 60.7. The molecular formula is C65H76FN13O8. The summed E-state index contributed by atoms with van der Waals surface area (Å²) in [6.45, 7) is 14.1. The van der Waals surface area contributed by atoms with Crippen LogP contribution in [0.1, 0.15) is 153 Å². The van der Waals surface area contributed by atoms with E-state index in [-0.39, 0.29) is 83.5 Å². The molecule has 7 aliphatic heterocycles. The van der Waals surface area contributed by atoms with E-state index < -0.39 is 40.9 Å². The Morgan fingerprint density at radius 2 is 1.52 bits per heavy atom. The highest BCUT2D eigenvalue weighted by Crippen LogP contribution is 2.53. The fourth-order valence-electron chi connectivity index (χ4n) is 14.9. The van der Waals surface area contributed by atoms with Gasteiger partial charge in [0.2, 0.25) is 23.6 Å². The number of rotatable bonds is 12. The Hall–Kier alpha value is -8.27. The molecule has 1 saturated carbocycles. The van der Waals surface area contributed by atoms with Crippen LogP contribution in [-0.4, -0.2) is 169 Å². The third-order valence-corrected chi connectivity index (χ3v) is 19.7. The van der Waals surface area contributed by atoms with Crippen LogP contribution >= 0.6 is 0 Å². The number of halogens is 1. The summed E-state index contributed by atoms with van der Waals surface area (Å²) in [5.74, 6) is -3.03. The van der Waals surface area contributed by atoms with Crippen molar-refractivity contribution in [1.29, 1.82) is 0 Å². The number of piperidine rings is 4. The zero-order valence-corrected chi connectivity index (χ0v) is 50.1. The van der Waals surface area contributed by atoms with Gasteiger partial charge in [-0.1, -0.05) is 24.6 Å². The molecule has 8 aliphatic rings. The molecule has 22 heteroatoms. The number of hydrogen-bond acceptors (Lipinski definition) is 13. The Kier molecular flexibility index (Phi) is 15.1. The third-order valence-electron chi connectivity index (χ3n) is 19.7. The average Bonchev–Trinajstić information content (AvgIpc) is 1.58. The maximum Gasteiger partial charge on any atom is 0.320 e. The maximum absolute atomic E-state index is 16.0. The summed E-state index contributed by atoms with van der Waals surface area (Å²) < 4.78 is 18.0. The lowest BCUT2D eigenvalue weighted by Gasteiger charge is -2.48. The Bertz CT molecular complexity index is 3670. The van der Waals surface area contributed by atoms with Crippen LogP contribution in [0.3, 0.4) is 0 Å². The molecule has 1 unspecified atom stereocenters. The molecule has 9 heterocycles. The van der Waals surface area contributed by atoms with Crippen LogP contribution in [0, 0.1) is 18.7 Å². The van der Waals surface area contributed by atoms with E-state index in [1.165, 1.54) is 31.4 Å². The summed E-state index contributed by atoms with van der Waals surface area (Å²) >= 11 is 0. The number of nitrogens with zero attached hydrogens (tertiary/aromatic N) is 9. The fraction of sp³-hybridized carbons (Fsp3) is 0.508. The van der Waals surface area contributed by atoms with E-state index in [2.05, 4.69) is 43.2 Å². The second kappa shape index (κ2) is 22.8. The molecule has 87 heavy (non-hydrogen) atoms. The van der Waals surface area contributed by atoms with Gasteiger partial charge >= 0.3 is 6.03 Å². The molecule has 3 aromatic carbocycles. The molecule has 2 aromatic heterocycles. The summed E-state index contributed by atoms with van der Waals surface area (Å²) in [7, 11) is 0. The van der Waals surface area contributed by atoms with Crippen molar-refractivity contribution >= 4 is 81.3 Å². The number of fused-ring (bicyclic) bond motifs is 4. The summed E-state index contributed by atoms with van der Waals surface area (Å²) in [6, 6.07) is 15.0. The van der Waals surface area contributed by atoms with E-state index in [4.69, 9.17) is 9.97 Å². The number of hydrogen-bond donors (Lipinski definition) is 4. The van der Waals surface area contributed by atoms with Crippen molar-refractivity contribution in [2.24, 2.45) is 5.92 Å². The first-order valence-corrected chi connectivity index (χ1v) is 31.3. The van der Waals surface area contributed by atoms with Crippen LogP contribution in [0.4, 0.5) is 32.1 Å². The summed E-state index contributed by atoms with van der Waals surface area (Å²) in [5.41, 5.74) is 5.47. The second-order valence-corrected chi connectivity index (χ2v) is 25.9. The number of aryl methyl sites for hydroxylation is 1. The largest absolute Gasteiger partial charge is 0.382 e. The number of nitrogens with one attached hydrogen (secondary N) is 4. The lowest BCUT2D eigenvalue weighted by Crippen LogP contribution is -2.58. The van der Waals surface area contributed by atoms with Gasteiger partial charge in [0.05, 0.1) is 45.7 Å². The zero-order valence-electron chi connectivity index (χ0n) is 50.1. The highest BCUT2D eigenvalue weighted by atomic mass is 19.1. The van der Waals surface area contributed by atoms with Crippen molar-refractivity contribution in [3.63, 3.8) is 0 Å². The van der Waals surface area contributed by atoms with Gasteiger partial charge in [-0.15, -0.1) is 0 Å². The van der Waals surface area contributed by atoms with E-state index in [1.807, 2.05) is 54.2 Å². The molecule has 5 aromatic rings. The SMILES string of the molecule is Cc1cc(F)c(Nc2nc(-c3ccc4c(c3)N(C3CC(N5CCCCC5)C3)C(=O)C43CCN(C(=O)[C@@H]4CCN(C(=O)N5CCC(Nc6cccc7c6C(=O)N(C6CCC(=O)NC6=O)C7=O)CC5)C4)CC3)cc3ncn(C(C)C)c23)cc1C(=O)NC(C)C. The summed E-state index contributed by atoms with van der Waals surface area (Å²) in [5, 5.41) is 11.9. The monoisotopic (exact) mass is 1190 g/mol. The van der Waals surface area contributed by atoms with Gasteiger partial charge in [-0.05, 0) is 159 Å². The Balaban J connectivity index is 0.691. The lowest BCUT2D eigenvalue weighted by molar-refractivity contribution is -0.139. The first kappa shape index (κ1) is 57.8. The van der Waals surface area contributed by atoms with Crippen LogP contribution < -0.4 is 26.2 Å². The quantitative estimate of drug-likeness (QED) is 0.0880. The van der Waals surface area contributed by atoms with Gasteiger partial charge < -0.3 is 45.0 Å². The fourth-order valence-corrected chi connectivity index (χ4v) is 14.9. The number of carbonyl (C=O) groups is 8. The molecule has 9 amide bonds. The number of aromatic nitrogens is 3. The Morgan fingerprint density at radius 3 is 2.24 bits per heavy atom. The Morgan fingerprint density at radius 1 is 0.770 bits per heavy atom. The van der Waals surface area contributed by atoms with E-state index in [9.17, 15) is 33.6 Å². The topological polar surface area (TPSA) is 235 Å². The standard InChI is InChI=1S/C65H76FN13O8/c1-36(2)68-58(81)45-32-50(47(66)28-38(45)5)71-57-56-51(67-35-77(56)37(3)4)33-49(70-57)39-12-13-46-53(29-39)78(43-30-42(31-43)73-21-7-6-8-22-73)63(86)65(46)19-26-74(27-20-65)60(83)40-16-23-76(34-40)64(87)75-24-17-41(18-25-75)69-48-11-9-10-44-55(48)62(85)79(61(44)84)52-14-15-54(80)72-59(52)82/h9-13,28-29,32-33,35-37,40-43,52,69H,6-8,14-27,30-31,34H2,1-5H3,(H,68,81)(H,70,71)(H,72,80,82)/t40-,42?,43?,52?/m1/s1. The molecular weight excluding hydrogens is 1110 g/mol. The highest BCUT2D eigenvalue weighted by Gasteiger charge is 2.56. The van der Waals surface area contributed by atoms with Gasteiger partial charge in [-0.3, -0.25) is 43.8 Å². The van der Waals surface area contributed by atoms with Crippen LogP contribution in [0.15, 0.2) is 60.9 Å². The minimum atomic E-state index is -1.07. The van der Waals surface area contributed by atoms with Crippen molar-refractivity contribution < 1.29 is 42.7 Å². The predicted octanol–water partition coefficient (Wildman–Crippen LogP) is 7.65. The smallest absolute Gasteiger partial charge is 0.320 e. The van der Waals surface area contributed by atoms with Crippen molar-refractivity contribution in [3.05, 3.63) is 94.6 Å². The van der Waals surface area contributed by atoms with Crippen molar-refractivity contribution in [3.8, 4) is 11.3 Å². The van der Waals surface area contributed by atoms with Crippen LogP contribution in [0.2, 0.25) is 0 Å². The van der Waals surface area contributed by atoms with Gasteiger partial charge in [0.15, 0.2) is 5.82 Å². The number of benzene rings is 3. The molecule has 2 atom stereocenters. The summed E-state index contributed by atoms with van der Waals surface area (Å²) in [4.78, 5) is 130. The van der Waals surface area contributed by atoms with Gasteiger partial charge in [0.1, 0.15) is 17.4 Å². The molecule has 4 N–H and O–H groups in total. The number of amides is 9. The molecule has 5 saturated heterocycles. The average molecular weight is 1190 g/mol. The normalized spacial score (nSPS) is 23.3. The number of carbonyl (C=O) groups excluding carboxylic acids is 8. The third kappa shape index (κ3) is 10.3. The van der Waals surface area contributed by atoms with E-state index in [1.54, 1.807) is 36.4 Å². The van der Waals surface area contributed by atoms with Crippen molar-refractivity contribution in [2.45, 2.75) is 153 Å². The van der Waals surface area contributed by atoms with Gasteiger partial charge in [-0.2, -0.15) is 0 Å². The van der Waals surface area contributed by atoms with E-state index >= 15 is 9.18 Å². The van der Waals surface area contributed by atoms with E-state index in [0.717, 1.165) is 47.6 Å². The minimum absolute atomic E-state index is 0.00385. The van der Waals surface area contributed by atoms with Crippen LogP contribution in [0.25, 0.3) is 22.3 Å². The molecule has 13 rings (SSSR count). The number of pyridine rings is 1. The van der Waals surface area contributed by atoms with Crippen LogP contribution in [-0.2, 0) is 24.6 Å².